The van der Waals surface area contributed by atoms with E-state index in [-0.39, 0.29) is 36.7 Å². The predicted octanol–water partition coefficient (Wildman–Crippen LogP) is -1.08. The molecule has 0 aliphatic rings. The van der Waals surface area contributed by atoms with Crippen molar-refractivity contribution in [2.75, 3.05) is 38.0 Å². The number of ether oxygens (including phenoxy) is 2. The van der Waals surface area contributed by atoms with E-state index in [4.69, 9.17) is 14.0 Å². The summed E-state index contributed by atoms with van der Waals surface area (Å²) in [5.74, 6) is 1.10. The standard InChI is InChI=1S/C13H21NO5S.Na.H/c1-4-14(6-5-7-20(15,16)17)11-8-12(18-2)10-13(9-11)19-3;;/h8-10H,4-7H2,1-3H3,(H,15,16,17);;/q;+1;-1. The van der Waals surface area contributed by atoms with Gasteiger partial charge in [-0.3, -0.25) is 4.55 Å². The summed E-state index contributed by atoms with van der Waals surface area (Å²) in [6, 6.07) is 5.49. The fourth-order valence-electron chi connectivity index (χ4n) is 1.88. The molecular formula is C13H22NNaO5S. The molecule has 0 spiro atoms. The summed E-state index contributed by atoms with van der Waals surface area (Å²) < 4.78 is 40.6. The maximum absolute atomic E-state index is 10.7. The Labute approximate surface area is 149 Å². The molecule has 0 amide bonds. The second-order valence-electron chi connectivity index (χ2n) is 4.29. The largest absolute Gasteiger partial charge is 1.00 e. The third-order valence-corrected chi connectivity index (χ3v) is 3.72. The van der Waals surface area contributed by atoms with Crippen LogP contribution in [0.3, 0.4) is 0 Å². The van der Waals surface area contributed by atoms with Gasteiger partial charge in [-0.25, -0.2) is 0 Å². The zero-order valence-corrected chi connectivity index (χ0v) is 15.8. The minimum atomic E-state index is -3.91. The first-order valence-electron chi connectivity index (χ1n) is 6.32. The molecule has 0 radical (unpaired) electrons. The zero-order chi connectivity index (χ0) is 15.2. The molecule has 21 heavy (non-hydrogen) atoms. The monoisotopic (exact) mass is 327 g/mol. The summed E-state index contributed by atoms with van der Waals surface area (Å²) in [5, 5.41) is 0. The summed E-state index contributed by atoms with van der Waals surface area (Å²) in [7, 11) is -0.759. The molecule has 0 aromatic heterocycles. The Morgan fingerprint density at radius 1 is 1.19 bits per heavy atom. The number of anilines is 1. The van der Waals surface area contributed by atoms with E-state index in [1.807, 2.05) is 24.0 Å². The molecule has 1 aromatic carbocycles. The van der Waals surface area contributed by atoms with E-state index in [0.29, 0.717) is 31.0 Å². The Morgan fingerprint density at radius 3 is 2.10 bits per heavy atom. The first-order chi connectivity index (χ1) is 9.39. The van der Waals surface area contributed by atoms with Gasteiger partial charge in [-0.2, -0.15) is 8.42 Å². The Morgan fingerprint density at radius 2 is 1.71 bits per heavy atom. The number of methoxy groups -OCH3 is 2. The first kappa shape index (κ1) is 20.5. The van der Waals surface area contributed by atoms with E-state index in [0.717, 1.165) is 5.69 Å². The molecule has 8 heteroatoms. The second kappa shape index (κ2) is 9.53. The van der Waals surface area contributed by atoms with E-state index < -0.39 is 10.1 Å². The smallest absolute Gasteiger partial charge is 1.00 e. The van der Waals surface area contributed by atoms with Gasteiger partial charge < -0.3 is 15.8 Å². The van der Waals surface area contributed by atoms with Crippen molar-refractivity contribution in [3.63, 3.8) is 0 Å². The van der Waals surface area contributed by atoms with Crippen LogP contribution < -0.4 is 43.9 Å². The minimum absolute atomic E-state index is 0. The molecule has 0 fully saturated rings. The third kappa shape index (κ3) is 7.37. The van der Waals surface area contributed by atoms with Gasteiger partial charge in [-0.05, 0) is 13.3 Å². The average Bonchev–Trinajstić information content (AvgIpc) is 2.41. The van der Waals surface area contributed by atoms with Crippen LogP contribution in [0.2, 0.25) is 0 Å². The van der Waals surface area contributed by atoms with Gasteiger partial charge in [-0.1, -0.05) is 0 Å². The number of rotatable bonds is 8. The Kier molecular flexibility index (Phi) is 9.31. The first-order valence-corrected chi connectivity index (χ1v) is 7.93. The normalized spacial score (nSPS) is 10.7. The summed E-state index contributed by atoms with van der Waals surface area (Å²) in [6.45, 7) is 3.20. The van der Waals surface area contributed by atoms with Gasteiger partial charge in [0.15, 0.2) is 0 Å². The fraction of sp³-hybridized carbons (Fsp3) is 0.538. The molecule has 0 heterocycles. The minimum Gasteiger partial charge on any atom is -1.00 e. The van der Waals surface area contributed by atoms with Gasteiger partial charge in [0, 0.05) is 37.0 Å². The second-order valence-corrected chi connectivity index (χ2v) is 5.86. The van der Waals surface area contributed by atoms with Crippen LogP contribution in [0.25, 0.3) is 0 Å². The average molecular weight is 327 g/mol. The van der Waals surface area contributed by atoms with Crippen LogP contribution in [-0.2, 0) is 10.1 Å². The molecule has 116 valence electrons. The topological polar surface area (TPSA) is 76.1 Å². The van der Waals surface area contributed by atoms with Crippen molar-refractivity contribution >= 4 is 15.8 Å². The molecule has 1 N–H and O–H groups in total. The SMILES string of the molecule is CCN(CCCS(=O)(=O)O)c1cc(OC)cc(OC)c1.[H-].[Na+]. The molecule has 0 atom stereocenters. The Balaban J connectivity index is 0. The molecule has 0 saturated heterocycles. The van der Waals surface area contributed by atoms with Crippen molar-refractivity contribution < 1.29 is 53.4 Å². The van der Waals surface area contributed by atoms with Gasteiger partial charge in [0.2, 0.25) is 0 Å². The Hall–Kier alpha value is -0.470. The van der Waals surface area contributed by atoms with Crippen LogP contribution in [0.5, 0.6) is 11.5 Å². The number of nitrogens with zero attached hydrogens (tertiary/aromatic N) is 1. The number of hydrogen-bond donors (Lipinski definition) is 1. The van der Waals surface area contributed by atoms with Crippen molar-refractivity contribution in [3.8, 4) is 11.5 Å². The van der Waals surface area contributed by atoms with Crippen molar-refractivity contribution in [2.45, 2.75) is 13.3 Å². The van der Waals surface area contributed by atoms with Crippen LogP contribution >= 0.6 is 0 Å². The maximum Gasteiger partial charge on any atom is 1.00 e. The maximum atomic E-state index is 10.7. The van der Waals surface area contributed by atoms with Gasteiger partial charge in [-0.15, -0.1) is 0 Å². The van der Waals surface area contributed by atoms with Crippen molar-refractivity contribution in [1.29, 1.82) is 0 Å². The quantitative estimate of drug-likeness (QED) is 0.484. The van der Waals surface area contributed by atoms with Crippen LogP contribution in [0.15, 0.2) is 18.2 Å². The molecule has 0 bridgehead atoms. The summed E-state index contributed by atoms with van der Waals surface area (Å²) >= 11 is 0. The molecule has 0 saturated carbocycles. The summed E-state index contributed by atoms with van der Waals surface area (Å²) in [6.07, 6.45) is 0.353. The van der Waals surface area contributed by atoms with E-state index in [1.165, 1.54) is 0 Å². The molecule has 1 rings (SSSR count). The van der Waals surface area contributed by atoms with E-state index in [1.54, 1.807) is 20.3 Å². The number of benzene rings is 1. The molecule has 1 aromatic rings. The van der Waals surface area contributed by atoms with E-state index >= 15 is 0 Å². The van der Waals surface area contributed by atoms with Crippen LogP contribution in [0.4, 0.5) is 5.69 Å². The van der Waals surface area contributed by atoms with E-state index in [9.17, 15) is 8.42 Å². The molecule has 0 aliphatic heterocycles. The van der Waals surface area contributed by atoms with Crippen molar-refractivity contribution in [3.05, 3.63) is 18.2 Å². The molecule has 0 aliphatic carbocycles. The Bertz CT molecular complexity index is 519. The zero-order valence-electron chi connectivity index (χ0n) is 14.0. The molecular weight excluding hydrogens is 305 g/mol. The van der Waals surface area contributed by atoms with Gasteiger partial charge in [0.05, 0.1) is 20.0 Å². The van der Waals surface area contributed by atoms with Crippen LogP contribution in [0.1, 0.15) is 14.8 Å². The van der Waals surface area contributed by atoms with Crippen molar-refractivity contribution in [1.82, 2.24) is 0 Å². The van der Waals surface area contributed by atoms with Gasteiger partial charge in [0.25, 0.3) is 10.1 Å². The molecule has 0 unspecified atom stereocenters. The number of hydrogen-bond acceptors (Lipinski definition) is 5. The van der Waals surface area contributed by atoms with Crippen LogP contribution in [0, 0.1) is 0 Å². The van der Waals surface area contributed by atoms with Gasteiger partial charge >= 0.3 is 29.6 Å². The van der Waals surface area contributed by atoms with Crippen molar-refractivity contribution in [2.24, 2.45) is 0 Å². The fourth-order valence-corrected chi connectivity index (χ4v) is 2.38. The van der Waals surface area contributed by atoms with Crippen LogP contribution in [-0.4, -0.2) is 46.0 Å². The van der Waals surface area contributed by atoms with E-state index in [2.05, 4.69) is 0 Å². The molecule has 6 nitrogen and oxygen atoms in total. The van der Waals surface area contributed by atoms with Gasteiger partial charge in [0.1, 0.15) is 11.5 Å². The summed E-state index contributed by atoms with van der Waals surface area (Å²) in [4.78, 5) is 2.00. The predicted molar refractivity (Wildman–Crippen MR) is 79.6 cm³/mol. The summed E-state index contributed by atoms with van der Waals surface area (Å²) in [5.41, 5.74) is 0.888. The third-order valence-electron chi connectivity index (χ3n) is 2.91.